The Morgan fingerprint density at radius 2 is 1.92 bits per heavy atom. The topological polar surface area (TPSA) is 206 Å². The number of methoxy groups -OCH3 is 1. The van der Waals surface area contributed by atoms with Crippen LogP contribution < -0.4 is 24.8 Å². The summed E-state index contributed by atoms with van der Waals surface area (Å²) in [5.41, 5.74) is -0.626. The monoisotopic (exact) mass is 746 g/mol. The van der Waals surface area contributed by atoms with Crippen LogP contribution in [0.5, 0.6) is 11.6 Å². The largest absolute Gasteiger partial charge is 0.497 e. The molecule has 0 radical (unpaired) electrons. The minimum absolute atomic E-state index is 0.0352. The lowest BCUT2D eigenvalue weighted by Crippen LogP contribution is -2.59. The molecular formula is C34H43ClN6O9S. The fourth-order valence-corrected chi connectivity index (χ4v) is 8.75. The molecule has 6 rings (SSSR count). The molecule has 15 nitrogen and oxygen atoms in total. The first-order chi connectivity index (χ1) is 24.2. The first kappa shape index (κ1) is 36.6. The number of carboxylic acid groups (broad SMARTS) is 1. The molecule has 2 aliphatic heterocycles. The van der Waals surface area contributed by atoms with E-state index in [1.54, 1.807) is 18.2 Å². The van der Waals surface area contributed by atoms with Gasteiger partial charge < -0.3 is 30.1 Å². The van der Waals surface area contributed by atoms with Crippen molar-refractivity contribution in [1.82, 2.24) is 30.2 Å². The van der Waals surface area contributed by atoms with Crippen LogP contribution in [0.25, 0.3) is 11.0 Å². The number of benzene rings is 1. The summed E-state index contributed by atoms with van der Waals surface area (Å²) in [5.74, 6) is -2.38. The van der Waals surface area contributed by atoms with Crippen molar-refractivity contribution in [3.05, 3.63) is 35.5 Å². The normalized spacial score (nSPS) is 30.5. The number of sulfonamides is 1. The van der Waals surface area contributed by atoms with Crippen molar-refractivity contribution in [3.63, 3.8) is 0 Å². The van der Waals surface area contributed by atoms with E-state index < -0.39 is 68.7 Å². The van der Waals surface area contributed by atoms with Crippen LogP contribution in [0.3, 0.4) is 0 Å². The molecule has 4 amide bonds. The Hall–Kier alpha value is -4.18. The number of hydrogen-bond acceptors (Lipinski definition) is 10. The quantitative estimate of drug-likeness (QED) is 0.289. The maximum atomic E-state index is 14.4. The molecule has 1 aromatic heterocycles. The number of ether oxygens (including phenoxy) is 2. The van der Waals surface area contributed by atoms with Crippen molar-refractivity contribution < 1.29 is 42.2 Å². The van der Waals surface area contributed by atoms with Crippen LogP contribution in [-0.4, -0.2) is 94.8 Å². The van der Waals surface area contributed by atoms with Gasteiger partial charge in [-0.2, -0.15) is 0 Å². The number of nitrogens with one attached hydrogen (secondary N) is 3. The standard InChI is InChI=1S/C34H43ClN6O9S/c1-4-19-13-18(2)7-5-6-8-20-16-34(20,32(44)40-51(47,48)23-10-11-23)39-29(42)26-15-22(17-41(26)31(43)27(19)38-33(45)46)50-30-28(35)36-24-12-9-21(49-3)14-25(24)37-30/h6,8-9,12,14,18-20,22-23,26-27,38H,4-5,7,10-11,13,15-17H2,1-3H3,(H,39,42)(H,40,44)(H,45,46)/b8-6-/t18-,19-,20-,22-,26+,27+,34-/m1/s1. The number of aromatic nitrogens is 2. The number of halogens is 1. The zero-order valence-corrected chi connectivity index (χ0v) is 30.2. The molecule has 2 saturated carbocycles. The van der Waals surface area contributed by atoms with Gasteiger partial charge in [-0.1, -0.05) is 44.0 Å². The number of nitrogens with zero attached hydrogens (tertiary/aromatic N) is 3. The maximum Gasteiger partial charge on any atom is 0.405 e. The molecule has 4 N–H and O–H groups in total. The number of carbonyl (C=O) groups excluding carboxylic acids is 3. The molecule has 2 aromatic rings. The predicted octanol–water partition coefficient (Wildman–Crippen LogP) is 3.16. The highest BCUT2D eigenvalue weighted by Gasteiger charge is 2.62. The molecule has 2 aliphatic carbocycles. The summed E-state index contributed by atoms with van der Waals surface area (Å²) < 4.78 is 39.2. The summed E-state index contributed by atoms with van der Waals surface area (Å²) >= 11 is 6.47. The van der Waals surface area contributed by atoms with Gasteiger partial charge in [0.15, 0.2) is 5.15 Å². The SMILES string of the molecule is CC[C@@H]1C[C@H](C)CC/C=C\[C@@H]2C[C@@]2(C(=O)NS(=O)(=O)C2CC2)NC(=O)[C@@H]2C[C@@H](Oc3nc4cc(OC)ccc4nc3Cl)CN2C(=O)[C@H]1NC(=O)O. The summed E-state index contributed by atoms with van der Waals surface area (Å²) in [6.07, 6.45) is 4.98. The average molecular weight is 747 g/mol. The van der Waals surface area contributed by atoms with Gasteiger partial charge in [-0.15, -0.1) is 0 Å². The third-order valence-electron chi connectivity index (χ3n) is 10.3. The lowest BCUT2D eigenvalue weighted by atomic mass is 9.85. The van der Waals surface area contributed by atoms with Crippen molar-refractivity contribution in [3.8, 4) is 11.6 Å². The van der Waals surface area contributed by atoms with Gasteiger partial charge in [0.2, 0.25) is 21.8 Å². The molecule has 0 unspecified atom stereocenters. The summed E-state index contributed by atoms with van der Waals surface area (Å²) in [5, 5.41) is 14.3. The first-order valence-electron chi connectivity index (χ1n) is 17.3. The Morgan fingerprint density at radius 3 is 2.61 bits per heavy atom. The highest BCUT2D eigenvalue weighted by molar-refractivity contribution is 7.91. The van der Waals surface area contributed by atoms with Crippen LogP contribution in [0, 0.1) is 17.8 Å². The van der Waals surface area contributed by atoms with Crippen molar-refractivity contribution in [1.29, 1.82) is 0 Å². The van der Waals surface area contributed by atoms with Crippen molar-refractivity contribution >= 4 is 56.5 Å². The van der Waals surface area contributed by atoms with Crippen LogP contribution in [-0.2, 0) is 24.4 Å². The third-order valence-corrected chi connectivity index (χ3v) is 12.4. The Balaban J connectivity index is 1.34. The van der Waals surface area contributed by atoms with E-state index in [0.29, 0.717) is 48.9 Å². The maximum absolute atomic E-state index is 14.4. The molecule has 17 heteroatoms. The van der Waals surface area contributed by atoms with Crippen molar-refractivity contribution in [2.75, 3.05) is 13.7 Å². The highest BCUT2D eigenvalue weighted by Crippen LogP contribution is 2.46. The van der Waals surface area contributed by atoms with E-state index in [-0.39, 0.29) is 42.3 Å². The fourth-order valence-electron chi connectivity index (χ4n) is 7.21. The van der Waals surface area contributed by atoms with Gasteiger partial charge in [-0.3, -0.25) is 19.1 Å². The van der Waals surface area contributed by atoms with Gasteiger partial charge in [0.05, 0.1) is 29.9 Å². The zero-order chi connectivity index (χ0) is 36.7. The van der Waals surface area contributed by atoms with E-state index in [9.17, 15) is 32.7 Å². The summed E-state index contributed by atoms with van der Waals surface area (Å²) in [6.45, 7) is 3.79. The third kappa shape index (κ3) is 7.86. The number of allylic oxidation sites excluding steroid dienone is 1. The Kier molecular flexibility index (Phi) is 10.4. The van der Waals surface area contributed by atoms with Crippen molar-refractivity contribution in [2.24, 2.45) is 17.8 Å². The van der Waals surface area contributed by atoms with Crippen LogP contribution in [0.1, 0.15) is 65.2 Å². The van der Waals surface area contributed by atoms with E-state index in [2.05, 4.69) is 25.3 Å². The van der Waals surface area contributed by atoms with E-state index in [1.807, 2.05) is 26.0 Å². The second-order valence-corrected chi connectivity index (χ2v) is 16.4. The highest BCUT2D eigenvalue weighted by atomic mass is 35.5. The van der Waals surface area contributed by atoms with Gasteiger partial charge >= 0.3 is 6.09 Å². The van der Waals surface area contributed by atoms with E-state index in [4.69, 9.17) is 21.1 Å². The Labute approximate surface area is 300 Å². The minimum Gasteiger partial charge on any atom is -0.497 e. The van der Waals surface area contributed by atoms with E-state index in [1.165, 1.54) is 12.0 Å². The molecule has 0 bridgehead atoms. The average Bonchev–Trinajstić information content (AvgIpc) is 4.01. The number of fused-ring (bicyclic) bond motifs is 3. The minimum atomic E-state index is -3.92. The molecule has 4 aliphatic rings. The van der Waals surface area contributed by atoms with Gasteiger partial charge in [0.25, 0.3) is 11.8 Å². The molecule has 276 valence electrons. The lowest BCUT2D eigenvalue weighted by Gasteiger charge is -2.33. The van der Waals surface area contributed by atoms with Crippen LogP contribution in [0.2, 0.25) is 5.15 Å². The smallest absolute Gasteiger partial charge is 0.405 e. The molecule has 1 saturated heterocycles. The molecule has 1 aromatic carbocycles. The van der Waals surface area contributed by atoms with Crippen LogP contribution in [0.15, 0.2) is 30.4 Å². The second-order valence-electron chi connectivity index (χ2n) is 14.0. The number of hydrogen-bond donors (Lipinski definition) is 4. The Bertz CT molecular complexity index is 1860. The van der Waals surface area contributed by atoms with Gasteiger partial charge in [0, 0.05) is 18.4 Å². The van der Waals surface area contributed by atoms with Crippen molar-refractivity contribution in [2.45, 2.75) is 94.2 Å². The van der Waals surface area contributed by atoms with Gasteiger partial charge in [0.1, 0.15) is 29.5 Å². The number of rotatable bonds is 8. The van der Waals surface area contributed by atoms with Gasteiger partial charge in [-0.05, 0) is 62.5 Å². The summed E-state index contributed by atoms with van der Waals surface area (Å²) in [6, 6.07) is 2.68. The van der Waals surface area contributed by atoms with Gasteiger partial charge in [-0.25, -0.2) is 23.2 Å². The summed E-state index contributed by atoms with van der Waals surface area (Å²) in [7, 11) is -2.40. The van der Waals surface area contributed by atoms with E-state index in [0.717, 1.165) is 6.42 Å². The molecule has 3 heterocycles. The van der Waals surface area contributed by atoms with Crippen LogP contribution in [0.4, 0.5) is 4.79 Å². The van der Waals surface area contributed by atoms with Crippen LogP contribution >= 0.6 is 11.6 Å². The fraction of sp³-hybridized carbons (Fsp3) is 0.588. The van der Waals surface area contributed by atoms with E-state index >= 15 is 0 Å². The summed E-state index contributed by atoms with van der Waals surface area (Å²) in [4.78, 5) is 64.5. The number of amides is 4. The predicted molar refractivity (Wildman–Crippen MR) is 186 cm³/mol. The Morgan fingerprint density at radius 1 is 1.16 bits per heavy atom. The molecule has 3 fully saturated rings. The lowest BCUT2D eigenvalue weighted by molar-refractivity contribution is -0.142. The molecule has 0 spiro atoms. The molecule has 51 heavy (non-hydrogen) atoms. The molecule has 7 atom stereocenters. The zero-order valence-electron chi connectivity index (χ0n) is 28.6. The second kappa shape index (κ2) is 14.4. The molecular weight excluding hydrogens is 704 g/mol. The number of carbonyl (C=O) groups is 4. The first-order valence-corrected chi connectivity index (χ1v) is 19.2.